The number of methoxy groups -OCH3 is 1. The summed E-state index contributed by atoms with van der Waals surface area (Å²) in [6, 6.07) is 6.43. The lowest BCUT2D eigenvalue weighted by atomic mass is 10.1. The Kier molecular flexibility index (Phi) is 4.62. The highest BCUT2D eigenvalue weighted by molar-refractivity contribution is 5.47. The first-order chi connectivity index (χ1) is 7.56. The van der Waals surface area contributed by atoms with E-state index in [1.165, 1.54) is 5.56 Å². The first kappa shape index (κ1) is 12.8. The van der Waals surface area contributed by atoms with Crippen molar-refractivity contribution in [1.82, 2.24) is 4.90 Å². The summed E-state index contributed by atoms with van der Waals surface area (Å²) >= 11 is 0. The van der Waals surface area contributed by atoms with Crippen LogP contribution in [-0.2, 0) is 6.54 Å². The number of rotatable bonds is 5. The van der Waals surface area contributed by atoms with E-state index in [0.29, 0.717) is 6.04 Å². The van der Waals surface area contributed by atoms with E-state index >= 15 is 0 Å². The van der Waals surface area contributed by atoms with Crippen LogP contribution in [0.3, 0.4) is 0 Å². The number of nitrogen functional groups attached to an aromatic ring is 1. The van der Waals surface area contributed by atoms with Crippen molar-refractivity contribution in [1.29, 1.82) is 0 Å². The van der Waals surface area contributed by atoms with Crippen molar-refractivity contribution < 1.29 is 4.74 Å². The molecule has 0 unspecified atom stereocenters. The van der Waals surface area contributed by atoms with Gasteiger partial charge in [-0.2, -0.15) is 0 Å². The van der Waals surface area contributed by atoms with Crippen LogP contribution in [0.1, 0.15) is 26.3 Å². The van der Waals surface area contributed by atoms with Gasteiger partial charge in [-0.05, 0) is 38.1 Å². The Morgan fingerprint density at radius 2 is 2.00 bits per heavy atom. The highest BCUT2D eigenvalue weighted by Crippen LogP contribution is 2.20. The highest BCUT2D eigenvalue weighted by atomic mass is 16.5. The second-order valence-corrected chi connectivity index (χ2v) is 4.27. The van der Waals surface area contributed by atoms with Gasteiger partial charge in [0.25, 0.3) is 0 Å². The Morgan fingerprint density at radius 3 is 2.50 bits per heavy atom. The lowest BCUT2D eigenvalue weighted by Crippen LogP contribution is -2.29. The van der Waals surface area contributed by atoms with E-state index in [2.05, 4.69) is 25.7 Å². The molecule has 0 radical (unpaired) electrons. The molecule has 2 N–H and O–H groups in total. The maximum Gasteiger partial charge on any atom is 0.121 e. The SMILES string of the molecule is CCN(Cc1cc(N)cc(OC)c1)C(C)C. The van der Waals surface area contributed by atoms with E-state index in [1.54, 1.807) is 7.11 Å². The van der Waals surface area contributed by atoms with Crippen molar-refractivity contribution in [2.24, 2.45) is 0 Å². The molecule has 90 valence electrons. The van der Waals surface area contributed by atoms with Crippen molar-refractivity contribution in [3.63, 3.8) is 0 Å². The van der Waals surface area contributed by atoms with Crippen molar-refractivity contribution in [3.8, 4) is 5.75 Å². The Labute approximate surface area is 98.2 Å². The van der Waals surface area contributed by atoms with Crippen LogP contribution < -0.4 is 10.5 Å². The summed E-state index contributed by atoms with van der Waals surface area (Å²) < 4.78 is 5.21. The second kappa shape index (κ2) is 5.75. The molecule has 0 aliphatic rings. The number of hydrogen-bond acceptors (Lipinski definition) is 3. The van der Waals surface area contributed by atoms with Crippen LogP contribution in [0.25, 0.3) is 0 Å². The molecule has 3 nitrogen and oxygen atoms in total. The molecule has 3 heteroatoms. The summed E-state index contributed by atoms with van der Waals surface area (Å²) in [4.78, 5) is 2.38. The van der Waals surface area contributed by atoms with Gasteiger partial charge in [0.2, 0.25) is 0 Å². The Morgan fingerprint density at radius 1 is 1.31 bits per heavy atom. The largest absolute Gasteiger partial charge is 0.497 e. The third-order valence-electron chi connectivity index (χ3n) is 2.75. The fourth-order valence-corrected chi connectivity index (χ4v) is 1.79. The molecule has 0 fully saturated rings. The molecular formula is C13H22N2O. The van der Waals surface area contributed by atoms with Crippen molar-refractivity contribution in [3.05, 3.63) is 23.8 Å². The molecule has 1 aromatic carbocycles. The number of hydrogen-bond donors (Lipinski definition) is 1. The van der Waals surface area contributed by atoms with Gasteiger partial charge in [0.05, 0.1) is 7.11 Å². The number of ether oxygens (including phenoxy) is 1. The quantitative estimate of drug-likeness (QED) is 0.778. The van der Waals surface area contributed by atoms with Crippen LogP contribution >= 0.6 is 0 Å². The lowest BCUT2D eigenvalue weighted by Gasteiger charge is -2.25. The molecule has 0 saturated heterocycles. The van der Waals surface area contributed by atoms with Gasteiger partial charge in [0.1, 0.15) is 5.75 Å². The molecule has 0 bridgehead atoms. The summed E-state index contributed by atoms with van der Waals surface area (Å²) in [6.45, 7) is 8.52. The van der Waals surface area contributed by atoms with Gasteiger partial charge in [0.15, 0.2) is 0 Å². The van der Waals surface area contributed by atoms with Crippen molar-refractivity contribution >= 4 is 5.69 Å². The van der Waals surface area contributed by atoms with E-state index in [4.69, 9.17) is 10.5 Å². The number of nitrogens with two attached hydrogens (primary N) is 1. The summed E-state index contributed by atoms with van der Waals surface area (Å²) in [7, 11) is 1.67. The molecule has 0 heterocycles. The predicted octanol–water partition coefficient (Wildman–Crippen LogP) is 2.51. The van der Waals surface area contributed by atoms with Gasteiger partial charge in [0, 0.05) is 24.3 Å². The minimum Gasteiger partial charge on any atom is -0.497 e. The fourth-order valence-electron chi connectivity index (χ4n) is 1.79. The zero-order valence-corrected chi connectivity index (χ0v) is 10.7. The van der Waals surface area contributed by atoms with Gasteiger partial charge in [-0.15, -0.1) is 0 Å². The van der Waals surface area contributed by atoms with E-state index in [0.717, 1.165) is 24.5 Å². The predicted molar refractivity (Wildman–Crippen MR) is 68.6 cm³/mol. The number of nitrogens with zero attached hydrogens (tertiary/aromatic N) is 1. The standard InChI is InChI=1S/C13H22N2O/c1-5-15(10(2)3)9-11-6-12(14)8-13(7-11)16-4/h6-8,10H,5,9,14H2,1-4H3. The Bertz CT molecular complexity index is 337. The topological polar surface area (TPSA) is 38.5 Å². The van der Waals surface area contributed by atoms with E-state index in [1.807, 2.05) is 18.2 Å². The third-order valence-corrected chi connectivity index (χ3v) is 2.75. The molecule has 16 heavy (non-hydrogen) atoms. The van der Waals surface area contributed by atoms with Crippen LogP contribution in [0, 0.1) is 0 Å². The molecule has 0 amide bonds. The zero-order valence-electron chi connectivity index (χ0n) is 10.7. The van der Waals surface area contributed by atoms with E-state index in [9.17, 15) is 0 Å². The summed E-state index contributed by atoms with van der Waals surface area (Å²) in [5, 5.41) is 0. The summed E-state index contributed by atoms with van der Waals surface area (Å²) in [6.07, 6.45) is 0. The van der Waals surface area contributed by atoms with Crippen LogP contribution in [-0.4, -0.2) is 24.6 Å². The van der Waals surface area contributed by atoms with Gasteiger partial charge in [-0.3, -0.25) is 4.90 Å². The first-order valence-electron chi connectivity index (χ1n) is 5.74. The third kappa shape index (κ3) is 3.42. The molecule has 1 rings (SSSR count). The van der Waals surface area contributed by atoms with Crippen LogP contribution in [0.15, 0.2) is 18.2 Å². The monoisotopic (exact) mass is 222 g/mol. The Balaban J connectivity index is 2.83. The maximum absolute atomic E-state index is 5.83. The fraction of sp³-hybridized carbons (Fsp3) is 0.538. The molecule has 0 saturated carbocycles. The normalized spacial score (nSPS) is 11.1. The smallest absolute Gasteiger partial charge is 0.121 e. The maximum atomic E-state index is 5.83. The highest BCUT2D eigenvalue weighted by Gasteiger charge is 2.08. The summed E-state index contributed by atoms with van der Waals surface area (Å²) in [5.74, 6) is 0.829. The molecular weight excluding hydrogens is 200 g/mol. The molecule has 0 atom stereocenters. The lowest BCUT2D eigenvalue weighted by molar-refractivity contribution is 0.224. The second-order valence-electron chi connectivity index (χ2n) is 4.27. The zero-order chi connectivity index (χ0) is 12.1. The number of anilines is 1. The summed E-state index contributed by atoms with van der Waals surface area (Å²) in [5.41, 5.74) is 7.79. The first-order valence-corrected chi connectivity index (χ1v) is 5.74. The molecule has 0 aliphatic heterocycles. The van der Waals surface area contributed by atoms with Gasteiger partial charge < -0.3 is 10.5 Å². The van der Waals surface area contributed by atoms with Crippen LogP contribution in [0.2, 0.25) is 0 Å². The molecule has 0 aliphatic carbocycles. The van der Waals surface area contributed by atoms with Crippen LogP contribution in [0.4, 0.5) is 5.69 Å². The van der Waals surface area contributed by atoms with Crippen molar-refractivity contribution in [2.75, 3.05) is 19.4 Å². The molecule has 1 aromatic rings. The van der Waals surface area contributed by atoms with E-state index in [-0.39, 0.29) is 0 Å². The van der Waals surface area contributed by atoms with Gasteiger partial charge in [-0.25, -0.2) is 0 Å². The molecule has 0 aromatic heterocycles. The minimum atomic E-state index is 0.539. The molecule has 0 spiro atoms. The minimum absolute atomic E-state index is 0.539. The van der Waals surface area contributed by atoms with Crippen LogP contribution in [0.5, 0.6) is 5.75 Å². The number of benzene rings is 1. The average molecular weight is 222 g/mol. The van der Waals surface area contributed by atoms with Crippen molar-refractivity contribution in [2.45, 2.75) is 33.4 Å². The average Bonchev–Trinajstić information content (AvgIpc) is 2.24. The van der Waals surface area contributed by atoms with Gasteiger partial charge >= 0.3 is 0 Å². The van der Waals surface area contributed by atoms with Gasteiger partial charge in [-0.1, -0.05) is 6.92 Å². The van der Waals surface area contributed by atoms with E-state index < -0.39 is 0 Å². The Hall–Kier alpha value is -1.22.